The van der Waals surface area contributed by atoms with E-state index in [0.717, 1.165) is 12.1 Å². The highest BCUT2D eigenvalue weighted by Gasteiger charge is 2.06. The van der Waals surface area contributed by atoms with Crippen LogP contribution in [0.3, 0.4) is 0 Å². The van der Waals surface area contributed by atoms with Crippen molar-refractivity contribution in [2.24, 2.45) is 0 Å². The molecule has 0 fully saturated rings. The minimum absolute atomic E-state index is 0.304. The molecule has 2 aromatic rings. The van der Waals surface area contributed by atoms with E-state index in [4.69, 9.17) is 11.6 Å². The molecule has 3 nitrogen and oxygen atoms in total. The third kappa shape index (κ3) is 3.52. The Bertz CT molecular complexity index is 626. The van der Waals surface area contributed by atoms with Gasteiger partial charge in [0.1, 0.15) is 0 Å². The van der Waals surface area contributed by atoms with Crippen LogP contribution in [0.25, 0.3) is 0 Å². The van der Waals surface area contributed by atoms with Crippen molar-refractivity contribution < 1.29 is 4.79 Å². The SMILES string of the molecule is CCc1ccc(NC(=O)Nc2ccccc2Cl)cc1C. The maximum absolute atomic E-state index is 11.9. The maximum atomic E-state index is 11.9. The Morgan fingerprint density at radius 1 is 1.15 bits per heavy atom. The highest BCUT2D eigenvalue weighted by Crippen LogP contribution is 2.21. The number of hydrogen-bond donors (Lipinski definition) is 2. The van der Waals surface area contributed by atoms with E-state index >= 15 is 0 Å². The summed E-state index contributed by atoms with van der Waals surface area (Å²) in [5.41, 5.74) is 3.81. The topological polar surface area (TPSA) is 41.1 Å². The highest BCUT2D eigenvalue weighted by atomic mass is 35.5. The van der Waals surface area contributed by atoms with Crippen LogP contribution in [0.4, 0.5) is 16.2 Å². The van der Waals surface area contributed by atoms with Crippen LogP contribution in [0.5, 0.6) is 0 Å². The summed E-state index contributed by atoms with van der Waals surface area (Å²) in [6, 6.07) is 12.7. The Balaban J connectivity index is 2.05. The van der Waals surface area contributed by atoms with E-state index in [2.05, 4.69) is 17.6 Å². The number of benzene rings is 2. The predicted molar refractivity (Wildman–Crippen MR) is 84.7 cm³/mol. The van der Waals surface area contributed by atoms with E-state index in [9.17, 15) is 4.79 Å². The molecule has 20 heavy (non-hydrogen) atoms. The van der Waals surface area contributed by atoms with Crippen molar-refractivity contribution in [1.82, 2.24) is 0 Å². The summed E-state index contributed by atoms with van der Waals surface area (Å²) in [5, 5.41) is 6.04. The van der Waals surface area contributed by atoms with Gasteiger partial charge in [-0.05, 0) is 48.7 Å². The average molecular weight is 289 g/mol. The zero-order valence-electron chi connectivity index (χ0n) is 11.5. The molecule has 0 spiro atoms. The lowest BCUT2D eigenvalue weighted by atomic mass is 10.1. The molecule has 4 heteroatoms. The number of halogens is 1. The maximum Gasteiger partial charge on any atom is 0.323 e. The van der Waals surface area contributed by atoms with E-state index in [1.165, 1.54) is 11.1 Å². The summed E-state index contributed by atoms with van der Waals surface area (Å²) in [5.74, 6) is 0. The van der Waals surface area contributed by atoms with Gasteiger partial charge in [0.25, 0.3) is 0 Å². The first-order chi connectivity index (χ1) is 9.60. The third-order valence-corrected chi connectivity index (χ3v) is 3.43. The van der Waals surface area contributed by atoms with Gasteiger partial charge in [-0.1, -0.05) is 36.7 Å². The Hall–Kier alpha value is -2.00. The fourth-order valence-electron chi connectivity index (χ4n) is 2.02. The molecule has 0 heterocycles. The van der Waals surface area contributed by atoms with Crippen molar-refractivity contribution in [2.45, 2.75) is 20.3 Å². The molecule has 0 aromatic heterocycles. The normalized spacial score (nSPS) is 10.2. The van der Waals surface area contributed by atoms with Crippen LogP contribution >= 0.6 is 11.6 Å². The average Bonchev–Trinajstić information content (AvgIpc) is 2.41. The lowest BCUT2D eigenvalue weighted by Crippen LogP contribution is -2.19. The highest BCUT2D eigenvalue weighted by molar-refractivity contribution is 6.33. The van der Waals surface area contributed by atoms with Gasteiger partial charge >= 0.3 is 6.03 Å². The van der Waals surface area contributed by atoms with Crippen LogP contribution in [0, 0.1) is 6.92 Å². The Kier molecular flexibility index (Phi) is 4.64. The third-order valence-electron chi connectivity index (χ3n) is 3.10. The number of rotatable bonds is 3. The van der Waals surface area contributed by atoms with Crippen LogP contribution in [0.2, 0.25) is 5.02 Å². The van der Waals surface area contributed by atoms with Crippen molar-refractivity contribution in [3.63, 3.8) is 0 Å². The van der Waals surface area contributed by atoms with Gasteiger partial charge in [-0.15, -0.1) is 0 Å². The van der Waals surface area contributed by atoms with E-state index in [1.807, 2.05) is 37.3 Å². The number of amides is 2. The molecule has 0 saturated heterocycles. The summed E-state index contributed by atoms with van der Waals surface area (Å²) in [4.78, 5) is 11.9. The molecule has 0 unspecified atom stereocenters. The first-order valence-corrected chi connectivity index (χ1v) is 6.90. The molecule has 104 valence electrons. The molecule has 2 amide bonds. The van der Waals surface area contributed by atoms with E-state index in [1.54, 1.807) is 12.1 Å². The van der Waals surface area contributed by atoms with Crippen molar-refractivity contribution >= 4 is 29.0 Å². The standard InChI is InChI=1S/C16H17ClN2O/c1-3-12-8-9-13(10-11(12)2)18-16(20)19-15-7-5-4-6-14(15)17/h4-10H,3H2,1-2H3,(H2,18,19,20). The van der Waals surface area contributed by atoms with Crippen LogP contribution in [0.15, 0.2) is 42.5 Å². The molecular formula is C16H17ClN2O. The van der Waals surface area contributed by atoms with Crippen molar-refractivity contribution in [1.29, 1.82) is 0 Å². The molecule has 0 aliphatic carbocycles. The Morgan fingerprint density at radius 2 is 1.90 bits per heavy atom. The second-order valence-corrected chi connectivity index (χ2v) is 4.96. The molecule has 2 rings (SSSR count). The number of carbonyl (C=O) groups is 1. The summed E-state index contributed by atoms with van der Waals surface area (Å²) < 4.78 is 0. The van der Waals surface area contributed by atoms with E-state index < -0.39 is 0 Å². The molecule has 0 atom stereocenters. The first kappa shape index (κ1) is 14.4. The summed E-state index contributed by atoms with van der Waals surface area (Å²) in [7, 11) is 0. The smallest absolute Gasteiger partial charge is 0.308 e. The minimum atomic E-state index is -0.304. The fraction of sp³-hybridized carbons (Fsp3) is 0.188. The zero-order chi connectivity index (χ0) is 14.5. The fourth-order valence-corrected chi connectivity index (χ4v) is 2.20. The van der Waals surface area contributed by atoms with Gasteiger partial charge in [-0.2, -0.15) is 0 Å². The summed E-state index contributed by atoms with van der Waals surface area (Å²) in [6.45, 7) is 4.15. The number of anilines is 2. The van der Waals surface area contributed by atoms with Crippen LogP contribution in [-0.2, 0) is 6.42 Å². The van der Waals surface area contributed by atoms with Gasteiger partial charge in [0.15, 0.2) is 0 Å². The summed E-state index contributed by atoms with van der Waals surface area (Å²) >= 11 is 5.99. The molecule has 0 saturated carbocycles. The lowest BCUT2D eigenvalue weighted by molar-refractivity contribution is 0.262. The first-order valence-electron chi connectivity index (χ1n) is 6.52. The van der Waals surface area contributed by atoms with E-state index in [0.29, 0.717) is 10.7 Å². The van der Waals surface area contributed by atoms with E-state index in [-0.39, 0.29) is 6.03 Å². The van der Waals surface area contributed by atoms with Crippen molar-refractivity contribution in [3.05, 3.63) is 58.6 Å². The molecular weight excluding hydrogens is 272 g/mol. The molecule has 0 aliphatic heterocycles. The second kappa shape index (κ2) is 6.44. The molecule has 2 aromatic carbocycles. The van der Waals surface area contributed by atoms with Gasteiger partial charge in [0.2, 0.25) is 0 Å². The number of aryl methyl sites for hydroxylation is 2. The Morgan fingerprint density at radius 3 is 2.55 bits per heavy atom. The number of hydrogen-bond acceptors (Lipinski definition) is 1. The molecule has 0 aliphatic rings. The van der Waals surface area contributed by atoms with Gasteiger partial charge < -0.3 is 10.6 Å². The second-order valence-electron chi connectivity index (χ2n) is 4.55. The number of urea groups is 1. The molecule has 2 N–H and O–H groups in total. The number of para-hydroxylation sites is 1. The monoisotopic (exact) mass is 288 g/mol. The Labute approximate surface area is 124 Å². The van der Waals surface area contributed by atoms with Gasteiger partial charge in [0, 0.05) is 5.69 Å². The number of nitrogens with one attached hydrogen (secondary N) is 2. The van der Waals surface area contributed by atoms with Gasteiger partial charge in [-0.3, -0.25) is 0 Å². The van der Waals surface area contributed by atoms with Crippen LogP contribution in [-0.4, -0.2) is 6.03 Å². The van der Waals surface area contributed by atoms with Gasteiger partial charge in [-0.25, -0.2) is 4.79 Å². The van der Waals surface area contributed by atoms with Crippen LogP contribution < -0.4 is 10.6 Å². The lowest BCUT2D eigenvalue weighted by Gasteiger charge is -2.10. The summed E-state index contributed by atoms with van der Waals surface area (Å²) in [6.07, 6.45) is 0.984. The van der Waals surface area contributed by atoms with Crippen molar-refractivity contribution in [3.8, 4) is 0 Å². The minimum Gasteiger partial charge on any atom is -0.308 e. The van der Waals surface area contributed by atoms with Crippen LogP contribution in [0.1, 0.15) is 18.1 Å². The molecule has 0 bridgehead atoms. The largest absolute Gasteiger partial charge is 0.323 e. The quantitative estimate of drug-likeness (QED) is 0.832. The van der Waals surface area contributed by atoms with Crippen molar-refractivity contribution in [2.75, 3.05) is 10.6 Å². The van der Waals surface area contributed by atoms with Gasteiger partial charge in [0.05, 0.1) is 10.7 Å². The number of carbonyl (C=O) groups excluding carboxylic acids is 1. The predicted octanol–water partition coefficient (Wildman–Crippen LogP) is 4.85. The molecule has 0 radical (unpaired) electrons. The zero-order valence-corrected chi connectivity index (χ0v) is 12.3.